The SMILES string of the molecule is O=C(COc1ccc(Cl)cc1Cl)Nc1ccc(CN2CCCCC2)cc1. The zero-order valence-corrected chi connectivity index (χ0v) is 16.0. The third-order valence-electron chi connectivity index (χ3n) is 4.35. The third-order valence-corrected chi connectivity index (χ3v) is 4.88. The molecule has 0 spiro atoms. The van der Waals surface area contributed by atoms with E-state index in [1.54, 1.807) is 18.2 Å². The first-order valence-corrected chi connectivity index (χ1v) is 9.55. The molecule has 6 heteroatoms. The number of carbonyl (C=O) groups excluding carboxylic acids is 1. The highest BCUT2D eigenvalue weighted by Gasteiger charge is 2.11. The molecule has 2 aromatic carbocycles. The Labute approximate surface area is 164 Å². The predicted octanol–water partition coefficient (Wildman–Crippen LogP) is 5.00. The number of anilines is 1. The number of rotatable bonds is 6. The van der Waals surface area contributed by atoms with Gasteiger partial charge >= 0.3 is 0 Å². The van der Waals surface area contributed by atoms with Crippen molar-refractivity contribution < 1.29 is 9.53 Å². The van der Waals surface area contributed by atoms with E-state index in [-0.39, 0.29) is 12.5 Å². The van der Waals surface area contributed by atoms with E-state index in [1.807, 2.05) is 12.1 Å². The summed E-state index contributed by atoms with van der Waals surface area (Å²) in [7, 11) is 0. The molecule has 1 N–H and O–H groups in total. The van der Waals surface area contributed by atoms with E-state index in [0.717, 1.165) is 12.2 Å². The van der Waals surface area contributed by atoms with Crippen LogP contribution < -0.4 is 10.1 Å². The molecule has 138 valence electrons. The number of hydrogen-bond acceptors (Lipinski definition) is 3. The van der Waals surface area contributed by atoms with Crippen LogP contribution in [0.5, 0.6) is 5.75 Å². The average molecular weight is 393 g/mol. The lowest BCUT2D eigenvalue weighted by atomic mass is 10.1. The van der Waals surface area contributed by atoms with Gasteiger partial charge in [-0.3, -0.25) is 9.69 Å². The molecule has 1 fully saturated rings. The Kier molecular flexibility index (Phi) is 6.78. The van der Waals surface area contributed by atoms with Crippen molar-refractivity contribution in [1.82, 2.24) is 4.90 Å². The highest BCUT2D eigenvalue weighted by molar-refractivity contribution is 6.35. The number of amides is 1. The maximum atomic E-state index is 12.1. The van der Waals surface area contributed by atoms with Gasteiger partial charge < -0.3 is 10.1 Å². The number of carbonyl (C=O) groups is 1. The lowest BCUT2D eigenvalue weighted by Crippen LogP contribution is -2.29. The summed E-state index contributed by atoms with van der Waals surface area (Å²) in [6.45, 7) is 3.19. The van der Waals surface area contributed by atoms with Crippen LogP contribution in [0, 0.1) is 0 Å². The first-order valence-electron chi connectivity index (χ1n) is 8.79. The molecule has 1 amide bonds. The van der Waals surface area contributed by atoms with Gasteiger partial charge in [0.25, 0.3) is 5.91 Å². The van der Waals surface area contributed by atoms with Crippen molar-refractivity contribution in [3.05, 3.63) is 58.1 Å². The zero-order valence-electron chi connectivity index (χ0n) is 14.5. The van der Waals surface area contributed by atoms with Gasteiger partial charge in [-0.25, -0.2) is 0 Å². The van der Waals surface area contributed by atoms with E-state index < -0.39 is 0 Å². The van der Waals surface area contributed by atoms with E-state index in [0.29, 0.717) is 15.8 Å². The summed E-state index contributed by atoms with van der Waals surface area (Å²) in [6, 6.07) is 12.9. The molecular weight excluding hydrogens is 371 g/mol. The van der Waals surface area contributed by atoms with Crippen molar-refractivity contribution >= 4 is 34.8 Å². The van der Waals surface area contributed by atoms with Crippen LogP contribution in [-0.4, -0.2) is 30.5 Å². The van der Waals surface area contributed by atoms with Crippen LogP contribution in [-0.2, 0) is 11.3 Å². The summed E-state index contributed by atoms with van der Waals surface area (Å²) in [5.74, 6) is 0.197. The second-order valence-electron chi connectivity index (χ2n) is 6.45. The smallest absolute Gasteiger partial charge is 0.262 e. The average Bonchev–Trinajstić information content (AvgIpc) is 2.63. The van der Waals surface area contributed by atoms with Crippen LogP contribution in [0.4, 0.5) is 5.69 Å². The van der Waals surface area contributed by atoms with E-state index in [2.05, 4.69) is 22.3 Å². The molecule has 0 atom stereocenters. The summed E-state index contributed by atoms with van der Waals surface area (Å²) in [4.78, 5) is 14.5. The van der Waals surface area contributed by atoms with E-state index in [1.165, 1.54) is 37.9 Å². The lowest BCUT2D eigenvalue weighted by Gasteiger charge is -2.26. The molecule has 0 saturated carbocycles. The minimum atomic E-state index is -0.236. The molecule has 0 unspecified atom stereocenters. The Hall–Kier alpha value is -1.75. The number of hydrogen-bond donors (Lipinski definition) is 1. The van der Waals surface area contributed by atoms with Gasteiger partial charge in [-0.15, -0.1) is 0 Å². The summed E-state index contributed by atoms with van der Waals surface area (Å²) in [6.07, 6.45) is 3.91. The number of likely N-dealkylation sites (tertiary alicyclic amines) is 1. The summed E-state index contributed by atoms with van der Waals surface area (Å²) in [5.41, 5.74) is 2.01. The fourth-order valence-corrected chi connectivity index (χ4v) is 3.46. The fraction of sp³-hybridized carbons (Fsp3) is 0.350. The number of halogens is 2. The molecule has 0 aliphatic carbocycles. The Morgan fingerprint density at radius 3 is 2.46 bits per heavy atom. The topological polar surface area (TPSA) is 41.6 Å². The number of benzene rings is 2. The van der Waals surface area contributed by atoms with Crippen LogP contribution >= 0.6 is 23.2 Å². The molecule has 2 aromatic rings. The zero-order chi connectivity index (χ0) is 18.4. The third kappa shape index (κ3) is 5.63. The van der Waals surface area contributed by atoms with Gasteiger partial charge in [0.1, 0.15) is 5.75 Å². The Morgan fingerprint density at radius 1 is 1.04 bits per heavy atom. The molecule has 3 rings (SSSR count). The van der Waals surface area contributed by atoms with Gasteiger partial charge in [0.2, 0.25) is 0 Å². The number of nitrogens with zero attached hydrogens (tertiary/aromatic N) is 1. The van der Waals surface area contributed by atoms with E-state index >= 15 is 0 Å². The molecular formula is C20H22Cl2N2O2. The minimum absolute atomic E-state index is 0.114. The predicted molar refractivity (Wildman–Crippen MR) is 106 cm³/mol. The molecule has 1 aliphatic heterocycles. The number of piperidine rings is 1. The minimum Gasteiger partial charge on any atom is -0.482 e. The van der Waals surface area contributed by atoms with Crippen LogP contribution in [0.15, 0.2) is 42.5 Å². The van der Waals surface area contributed by atoms with E-state index in [4.69, 9.17) is 27.9 Å². The van der Waals surface area contributed by atoms with Gasteiger partial charge in [-0.05, 0) is 61.8 Å². The molecule has 1 aliphatic rings. The van der Waals surface area contributed by atoms with Crippen LogP contribution in [0.25, 0.3) is 0 Å². The Bertz CT molecular complexity index is 744. The van der Waals surface area contributed by atoms with Crippen molar-refractivity contribution in [2.24, 2.45) is 0 Å². The second kappa shape index (κ2) is 9.26. The molecule has 0 bridgehead atoms. The van der Waals surface area contributed by atoms with Crippen molar-refractivity contribution in [3.8, 4) is 5.75 Å². The normalized spacial score (nSPS) is 14.8. The summed E-state index contributed by atoms with van der Waals surface area (Å²) in [5, 5.41) is 3.73. The second-order valence-corrected chi connectivity index (χ2v) is 7.29. The van der Waals surface area contributed by atoms with Gasteiger partial charge in [0, 0.05) is 17.3 Å². The molecule has 4 nitrogen and oxygen atoms in total. The van der Waals surface area contributed by atoms with Gasteiger partial charge in [-0.1, -0.05) is 41.8 Å². The van der Waals surface area contributed by atoms with Crippen LogP contribution in [0.2, 0.25) is 10.0 Å². The van der Waals surface area contributed by atoms with Crippen LogP contribution in [0.1, 0.15) is 24.8 Å². The van der Waals surface area contributed by atoms with Crippen molar-refractivity contribution in [3.63, 3.8) is 0 Å². The maximum Gasteiger partial charge on any atom is 0.262 e. The molecule has 26 heavy (non-hydrogen) atoms. The largest absolute Gasteiger partial charge is 0.482 e. The monoisotopic (exact) mass is 392 g/mol. The summed E-state index contributed by atoms with van der Waals surface area (Å²) < 4.78 is 5.44. The first kappa shape index (κ1) is 19.0. The Morgan fingerprint density at radius 2 is 1.77 bits per heavy atom. The highest BCUT2D eigenvalue weighted by atomic mass is 35.5. The Balaban J connectivity index is 1.47. The van der Waals surface area contributed by atoms with Gasteiger partial charge in [0.15, 0.2) is 6.61 Å². The molecule has 1 heterocycles. The number of nitrogens with one attached hydrogen (secondary N) is 1. The van der Waals surface area contributed by atoms with E-state index in [9.17, 15) is 4.79 Å². The fourth-order valence-electron chi connectivity index (χ4n) is 3.00. The standard InChI is InChI=1S/C20H22Cl2N2O2/c21-16-6-9-19(18(22)12-16)26-14-20(25)23-17-7-4-15(5-8-17)13-24-10-2-1-3-11-24/h4-9,12H,1-3,10-11,13-14H2,(H,23,25). The molecule has 0 aromatic heterocycles. The van der Waals surface area contributed by atoms with Crippen molar-refractivity contribution in [2.45, 2.75) is 25.8 Å². The maximum absolute atomic E-state index is 12.1. The lowest BCUT2D eigenvalue weighted by molar-refractivity contribution is -0.118. The van der Waals surface area contributed by atoms with Crippen molar-refractivity contribution in [1.29, 1.82) is 0 Å². The van der Waals surface area contributed by atoms with Crippen molar-refractivity contribution in [2.75, 3.05) is 25.0 Å². The first-order chi connectivity index (χ1) is 12.6. The molecule has 1 saturated heterocycles. The van der Waals surface area contributed by atoms with Crippen LogP contribution in [0.3, 0.4) is 0 Å². The quantitative estimate of drug-likeness (QED) is 0.751. The van der Waals surface area contributed by atoms with Gasteiger partial charge in [0.05, 0.1) is 5.02 Å². The highest BCUT2D eigenvalue weighted by Crippen LogP contribution is 2.27. The number of ether oxygens (including phenoxy) is 1. The molecule has 0 radical (unpaired) electrons. The summed E-state index contributed by atoms with van der Waals surface area (Å²) >= 11 is 11.9. The van der Waals surface area contributed by atoms with Gasteiger partial charge in [-0.2, -0.15) is 0 Å².